The summed E-state index contributed by atoms with van der Waals surface area (Å²) in [5.41, 5.74) is 2.54. The van der Waals surface area contributed by atoms with Crippen LogP contribution in [-0.4, -0.2) is 39.3 Å². The van der Waals surface area contributed by atoms with E-state index in [1.807, 2.05) is 0 Å². The highest BCUT2D eigenvalue weighted by Gasteiger charge is 2.23. The molecule has 0 unspecified atom stereocenters. The van der Waals surface area contributed by atoms with Crippen molar-refractivity contribution in [3.63, 3.8) is 0 Å². The van der Waals surface area contributed by atoms with Crippen molar-refractivity contribution in [3.05, 3.63) is 69.1 Å². The highest BCUT2D eigenvalue weighted by Crippen LogP contribution is 2.21. The van der Waals surface area contributed by atoms with Gasteiger partial charge in [0.2, 0.25) is 0 Å². The van der Waals surface area contributed by atoms with Gasteiger partial charge in [0.1, 0.15) is 5.56 Å². The maximum atomic E-state index is 12.6. The van der Waals surface area contributed by atoms with Crippen LogP contribution in [0.2, 0.25) is 0 Å². The van der Waals surface area contributed by atoms with E-state index in [4.69, 9.17) is 0 Å². The van der Waals surface area contributed by atoms with E-state index in [0.717, 1.165) is 25.9 Å². The van der Waals surface area contributed by atoms with Crippen molar-refractivity contribution in [3.8, 4) is 0 Å². The summed E-state index contributed by atoms with van der Waals surface area (Å²) in [5.74, 6) is -0.357. The first-order chi connectivity index (χ1) is 13.2. The third-order valence-electron chi connectivity index (χ3n) is 5.23. The maximum absolute atomic E-state index is 12.6. The van der Waals surface area contributed by atoms with Gasteiger partial charge in [0, 0.05) is 43.4 Å². The minimum Gasteiger partial charge on any atom is -0.350 e. The van der Waals surface area contributed by atoms with E-state index in [2.05, 4.69) is 46.4 Å². The van der Waals surface area contributed by atoms with E-state index in [9.17, 15) is 9.59 Å². The van der Waals surface area contributed by atoms with Crippen LogP contribution in [-0.2, 0) is 13.0 Å². The van der Waals surface area contributed by atoms with Crippen molar-refractivity contribution in [1.29, 1.82) is 0 Å². The number of amides is 1. The Labute approximate surface area is 161 Å². The molecule has 0 spiro atoms. The number of benzene rings is 1. The lowest BCUT2D eigenvalue weighted by Crippen LogP contribution is -2.46. The van der Waals surface area contributed by atoms with Gasteiger partial charge >= 0.3 is 0 Å². The predicted octanol–water partition coefficient (Wildman–Crippen LogP) is 2.32. The zero-order valence-electron chi connectivity index (χ0n) is 15.2. The van der Waals surface area contributed by atoms with Crippen LogP contribution in [0.15, 0.2) is 46.8 Å². The first-order valence-corrected chi connectivity index (χ1v) is 10.1. The molecule has 0 saturated heterocycles. The fraction of sp³-hybridized carbons (Fsp3) is 0.350. The Morgan fingerprint density at radius 1 is 1.33 bits per heavy atom. The first kappa shape index (κ1) is 17.9. The summed E-state index contributed by atoms with van der Waals surface area (Å²) in [5, 5.41) is 4.72. The van der Waals surface area contributed by atoms with Crippen molar-refractivity contribution in [2.45, 2.75) is 32.4 Å². The topological polar surface area (TPSA) is 66.7 Å². The molecule has 0 aliphatic carbocycles. The third-order valence-corrected chi connectivity index (χ3v) is 6.00. The second-order valence-electron chi connectivity index (χ2n) is 6.79. The summed E-state index contributed by atoms with van der Waals surface area (Å²) in [6.45, 7) is 4.53. The van der Waals surface area contributed by atoms with Gasteiger partial charge in [0.15, 0.2) is 4.96 Å². The van der Waals surface area contributed by atoms with E-state index in [1.165, 1.54) is 33.1 Å². The van der Waals surface area contributed by atoms with Crippen molar-refractivity contribution in [2.75, 3.05) is 13.1 Å². The van der Waals surface area contributed by atoms with E-state index in [-0.39, 0.29) is 23.1 Å². The zero-order valence-corrected chi connectivity index (χ0v) is 16.0. The van der Waals surface area contributed by atoms with Crippen molar-refractivity contribution < 1.29 is 4.79 Å². The number of carbonyl (C=O) groups excluding carboxylic acids is 1. The van der Waals surface area contributed by atoms with Gasteiger partial charge in [-0.25, -0.2) is 4.98 Å². The molecule has 1 aromatic carbocycles. The molecule has 1 atom stereocenters. The number of hydrogen-bond donors (Lipinski definition) is 1. The number of nitrogens with one attached hydrogen (secondary N) is 1. The molecule has 1 N–H and O–H groups in total. The molecule has 1 amide bonds. The molecule has 6 nitrogen and oxygen atoms in total. The van der Waals surface area contributed by atoms with Gasteiger partial charge < -0.3 is 5.32 Å². The van der Waals surface area contributed by atoms with Crippen LogP contribution >= 0.6 is 11.3 Å². The molecule has 3 aromatic rings. The van der Waals surface area contributed by atoms with Gasteiger partial charge in [-0.1, -0.05) is 31.2 Å². The molecule has 7 heteroatoms. The number of thiazole rings is 1. The smallest absolute Gasteiger partial charge is 0.271 e. The quantitative estimate of drug-likeness (QED) is 0.735. The number of hydrogen-bond acceptors (Lipinski definition) is 5. The number of nitrogens with zero attached hydrogens (tertiary/aromatic N) is 3. The normalized spacial score (nSPS) is 15.4. The van der Waals surface area contributed by atoms with E-state index in [1.54, 1.807) is 11.6 Å². The molecule has 2 aromatic heterocycles. The first-order valence-electron chi connectivity index (χ1n) is 9.21. The maximum Gasteiger partial charge on any atom is 0.271 e. The van der Waals surface area contributed by atoms with Crippen LogP contribution in [0.4, 0.5) is 0 Å². The summed E-state index contributed by atoms with van der Waals surface area (Å²) in [4.78, 5) is 32.2. The van der Waals surface area contributed by atoms with Gasteiger partial charge in [0.05, 0.1) is 0 Å². The molecule has 27 heavy (non-hydrogen) atoms. The summed E-state index contributed by atoms with van der Waals surface area (Å²) in [6, 6.07) is 8.77. The molecule has 0 fully saturated rings. The molecule has 0 radical (unpaired) electrons. The minimum atomic E-state index is -0.357. The van der Waals surface area contributed by atoms with Gasteiger partial charge in [-0.2, -0.15) is 0 Å². The summed E-state index contributed by atoms with van der Waals surface area (Å²) < 4.78 is 1.42. The predicted molar refractivity (Wildman–Crippen MR) is 106 cm³/mol. The van der Waals surface area contributed by atoms with Crippen LogP contribution in [0.3, 0.4) is 0 Å². The Balaban J connectivity index is 1.44. The molecular formula is C20H22N4O2S. The zero-order chi connectivity index (χ0) is 18.8. The van der Waals surface area contributed by atoms with Crippen molar-refractivity contribution in [2.24, 2.45) is 0 Å². The lowest BCUT2D eigenvalue weighted by Gasteiger charge is -2.35. The SMILES string of the molecule is CC[C@@H](CNC(=O)c1cnc2sccn2c1=O)N1CCc2ccccc2C1. The Hall–Kier alpha value is -2.51. The largest absolute Gasteiger partial charge is 0.350 e. The number of aromatic nitrogens is 2. The fourth-order valence-corrected chi connectivity index (χ4v) is 4.32. The molecular weight excluding hydrogens is 360 g/mol. The average molecular weight is 382 g/mol. The number of rotatable bonds is 5. The molecule has 1 aliphatic heterocycles. The van der Waals surface area contributed by atoms with Gasteiger partial charge in [-0.15, -0.1) is 11.3 Å². The fourth-order valence-electron chi connectivity index (χ4n) is 3.65. The van der Waals surface area contributed by atoms with Crippen LogP contribution in [0.5, 0.6) is 0 Å². The second-order valence-corrected chi connectivity index (χ2v) is 7.67. The molecule has 0 saturated carbocycles. The monoisotopic (exact) mass is 382 g/mol. The highest BCUT2D eigenvalue weighted by atomic mass is 32.1. The number of carbonyl (C=O) groups is 1. The van der Waals surface area contributed by atoms with Crippen LogP contribution in [0, 0.1) is 0 Å². The van der Waals surface area contributed by atoms with Gasteiger partial charge in [0.25, 0.3) is 11.5 Å². The average Bonchev–Trinajstić information content (AvgIpc) is 3.18. The van der Waals surface area contributed by atoms with E-state index in [0.29, 0.717) is 11.5 Å². The lowest BCUT2D eigenvalue weighted by atomic mass is 9.98. The molecule has 1 aliphatic rings. The Morgan fingerprint density at radius 3 is 2.96 bits per heavy atom. The Kier molecular flexibility index (Phi) is 5.05. The van der Waals surface area contributed by atoms with Crippen molar-refractivity contribution >= 4 is 22.2 Å². The van der Waals surface area contributed by atoms with E-state index < -0.39 is 0 Å². The molecule has 3 heterocycles. The second kappa shape index (κ2) is 7.62. The van der Waals surface area contributed by atoms with E-state index >= 15 is 0 Å². The summed E-state index contributed by atoms with van der Waals surface area (Å²) in [6.07, 6.45) is 4.98. The Bertz CT molecular complexity index is 1030. The summed E-state index contributed by atoms with van der Waals surface area (Å²) in [7, 11) is 0. The van der Waals surface area contributed by atoms with Crippen molar-refractivity contribution in [1.82, 2.24) is 19.6 Å². The van der Waals surface area contributed by atoms with Gasteiger partial charge in [-0.05, 0) is 24.0 Å². The molecule has 4 rings (SSSR count). The third kappa shape index (κ3) is 3.52. The molecule has 140 valence electrons. The highest BCUT2D eigenvalue weighted by molar-refractivity contribution is 7.15. The Morgan fingerprint density at radius 2 is 2.15 bits per heavy atom. The van der Waals surface area contributed by atoms with Crippen LogP contribution < -0.4 is 10.9 Å². The standard InChI is InChI=1S/C20H22N4O2S/c1-2-16(23-8-7-14-5-3-4-6-15(14)13-23)11-21-18(25)17-12-22-20-24(19(17)26)9-10-27-20/h3-6,9-10,12,16H,2,7-8,11,13H2,1H3,(H,21,25)/t16-/m0/s1. The summed E-state index contributed by atoms with van der Waals surface area (Å²) >= 11 is 1.37. The van der Waals surface area contributed by atoms with Crippen LogP contribution in [0.25, 0.3) is 4.96 Å². The lowest BCUT2D eigenvalue weighted by molar-refractivity contribution is 0.0924. The minimum absolute atomic E-state index is 0.0877. The molecule has 0 bridgehead atoms. The van der Waals surface area contributed by atoms with Gasteiger partial charge in [-0.3, -0.25) is 18.9 Å². The number of fused-ring (bicyclic) bond motifs is 2. The van der Waals surface area contributed by atoms with Crippen LogP contribution in [0.1, 0.15) is 34.8 Å².